The van der Waals surface area contributed by atoms with E-state index < -0.39 is 0 Å². The van der Waals surface area contributed by atoms with Crippen LogP contribution in [0.1, 0.15) is 19.3 Å². The molecule has 3 heteroatoms. The number of aromatic amines is 1. The first-order valence-corrected chi connectivity index (χ1v) is 5.62. The Kier molecular flexibility index (Phi) is 2.09. The summed E-state index contributed by atoms with van der Waals surface area (Å²) in [6, 6.07) is 6.33. The van der Waals surface area contributed by atoms with Crippen molar-refractivity contribution >= 4 is 16.9 Å². The second-order valence-electron chi connectivity index (χ2n) is 4.13. The molecule has 78 valence electrons. The third-order valence-corrected chi connectivity index (χ3v) is 3.07. The summed E-state index contributed by atoms with van der Waals surface area (Å²) < 4.78 is 0. The number of hydrogen-bond donors (Lipinski definition) is 1. The predicted molar refractivity (Wildman–Crippen MR) is 62.2 cm³/mol. The normalized spacial score (nSPS) is 17.2. The summed E-state index contributed by atoms with van der Waals surface area (Å²) in [5.74, 6) is 1.12. The number of pyridine rings is 1. The lowest BCUT2D eigenvalue weighted by Gasteiger charge is -2.27. The van der Waals surface area contributed by atoms with E-state index in [1.54, 1.807) is 0 Å². The highest BCUT2D eigenvalue weighted by atomic mass is 15.2. The van der Waals surface area contributed by atoms with Crippen LogP contribution in [-0.4, -0.2) is 23.1 Å². The number of nitrogens with one attached hydrogen (secondary N) is 1. The van der Waals surface area contributed by atoms with Crippen molar-refractivity contribution in [2.75, 3.05) is 18.0 Å². The van der Waals surface area contributed by atoms with Gasteiger partial charge in [-0.3, -0.25) is 0 Å². The van der Waals surface area contributed by atoms with Gasteiger partial charge in [-0.1, -0.05) is 0 Å². The molecule has 15 heavy (non-hydrogen) atoms. The van der Waals surface area contributed by atoms with Crippen molar-refractivity contribution in [1.29, 1.82) is 0 Å². The second-order valence-corrected chi connectivity index (χ2v) is 4.13. The van der Waals surface area contributed by atoms with E-state index in [1.807, 2.05) is 6.20 Å². The van der Waals surface area contributed by atoms with Gasteiger partial charge in [0.15, 0.2) is 0 Å². The lowest BCUT2D eigenvalue weighted by Crippen LogP contribution is -2.30. The van der Waals surface area contributed by atoms with E-state index in [0.29, 0.717) is 0 Å². The number of rotatable bonds is 1. The van der Waals surface area contributed by atoms with Crippen LogP contribution in [0.4, 0.5) is 5.82 Å². The topological polar surface area (TPSA) is 31.9 Å². The van der Waals surface area contributed by atoms with Gasteiger partial charge in [0.2, 0.25) is 0 Å². The van der Waals surface area contributed by atoms with Gasteiger partial charge in [0.25, 0.3) is 0 Å². The SMILES string of the molecule is c1cc2ccc(N3CCCCC3)nc2[nH]1. The molecule has 1 fully saturated rings. The molecule has 0 aliphatic carbocycles. The number of anilines is 1. The average molecular weight is 201 g/mol. The minimum atomic E-state index is 0.998. The molecule has 1 saturated heterocycles. The van der Waals surface area contributed by atoms with Crippen LogP contribution in [0.5, 0.6) is 0 Å². The van der Waals surface area contributed by atoms with Crippen molar-refractivity contribution in [2.45, 2.75) is 19.3 Å². The van der Waals surface area contributed by atoms with Gasteiger partial charge >= 0.3 is 0 Å². The summed E-state index contributed by atoms with van der Waals surface area (Å²) in [7, 11) is 0. The summed E-state index contributed by atoms with van der Waals surface area (Å²) in [6.45, 7) is 2.30. The molecule has 1 aliphatic heterocycles. The minimum Gasteiger partial charge on any atom is -0.357 e. The molecule has 3 rings (SSSR count). The molecule has 1 N–H and O–H groups in total. The molecule has 1 aliphatic rings. The molecule has 0 bridgehead atoms. The Labute approximate surface area is 89.1 Å². The summed E-state index contributed by atoms with van der Waals surface area (Å²) in [6.07, 6.45) is 5.90. The maximum Gasteiger partial charge on any atom is 0.139 e. The van der Waals surface area contributed by atoms with Gasteiger partial charge in [-0.05, 0) is 37.5 Å². The van der Waals surface area contributed by atoms with Gasteiger partial charge in [-0.2, -0.15) is 0 Å². The van der Waals surface area contributed by atoms with Crippen LogP contribution in [0.2, 0.25) is 0 Å². The number of piperidine rings is 1. The van der Waals surface area contributed by atoms with Crippen molar-refractivity contribution < 1.29 is 0 Å². The van der Waals surface area contributed by atoms with E-state index in [2.05, 4.69) is 33.1 Å². The predicted octanol–water partition coefficient (Wildman–Crippen LogP) is 2.55. The van der Waals surface area contributed by atoms with Gasteiger partial charge in [0.05, 0.1) is 0 Å². The van der Waals surface area contributed by atoms with Crippen LogP contribution >= 0.6 is 0 Å². The van der Waals surface area contributed by atoms with E-state index in [1.165, 1.54) is 24.6 Å². The minimum absolute atomic E-state index is 0.998. The van der Waals surface area contributed by atoms with Crippen molar-refractivity contribution in [3.8, 4) is 0 Å². The highest BCUT2D eigenvalue weighted by Crippen LogP contribution is 2.20. The molecule has 0 atom stereocenters. The number of H-pyrrole nitrogens is 1. The number of fused-ring (bicyclic) bond motifs is 1. The van der Waals surface area contributed by atoms with Gasteiger partial charge in [-0.25, -0.2) is 4.98 Å². The first-order chi connectivity index (χ1) is 7.43. The lowest BCUT2D eigenvalue weighted by molar-refractivity contribution is 0.574. The lowest BCUT2D eigenvalue weighted by atomic mass is 10.1. The summed E-state index contributed by atoms with van der Waals surface area (Å²) in [5.41, 5.74) is 0.998. The van der Waals surface area contributed by atoms with Crippen LogP contribution in [0.25, 0.3) is 11.0 Å². The molecule has 2 aromatic rings. The van der Waals surface area contributed by atoms with Gasteiger partial charge in [0, 0.05) is 24.7 Å². The van der Waals surface area contributed by atoms with E-state index in [0.717, 1.165) is 24.6 Å². The third-order valence-electron chi connectivity index (χ3n) is 3.07. The van der Waals surface area contributed by atoms with Crippen LogP contribution < -0.4 is 4.90 Å². The fraction of sp³-hybridized carbons (Fsp3) is 0.417. The quantitative estimate of drug-likeness (QED) is 0.769. The number of hydrogen-bond acceptors (Lipinski definition) is 2. The van der Waals surface area contributed by atoms with Crippen molar-refractivity contribution in [1.82, 2.24) is 9.97 Å². The smallest absolute Gasteiger partial charge is 0.139 e. The van der Waals surface area contributed by atoms with Crippen LogP contribution in [0.15, 0.2) is 24.4 Å². The van der Waals surface area contributed by atoms with Crippen molar-refractivity contribution in [2.24, 2.45) is 0 Å². The summed E-state index contributed by atoms with van der Waals surface area (Å²) in [5, 5.41) is 1.19. The molecular formula is C12H15N3. The molecule has 0 radical (unpaired) electrons. The zero-order valence-corrected chi connectivity index (χ0v) is 8.74. The molecular weight excluding hydrogens is 186 g/mol. The number of nitrogens with zero attached hydrogens (tertiary/aromatic N) is 2. The van der Waals surface area contributed by atoms with E-state index in [9.17, 15) is 0 Å². The molecule has 0 unspecified atom stereocenters. The van der Waals surface area contributed by atoms with Gasteiger partial charge in [-0.15, -0.1) is 0 Å². The monoisotopic (exact) mass is 201 g/mol. The molecule has 0 saturated carbocycles. The zero-order valence-electron chi connectivity index (χ0n) is 8.74. The number of aromatic nitrogens is 2. The first-order valence-electron chi connectivity index (χ1n) is 5.62. The highest BCUT2D eigenvalue weighted by Gasteiger charge is 2.12. The second kappa shape index (κ2) is 3.57. The van der Waals surface area contributed by atoms with Gasteiger partial charge in [0.1, 0.15) is 11.5 Å². The van der Waals surface area contributed by atoms with Crippen LogP contribution in [-0.2, 0) is 0 Å². The first kappa shape index (κ1) is 8.77. The zero-order chi connectivity index (χ0) is 10.1. The Morgan fingerprint density at radius 2 is 1.93 bits per heavy atom. The Morgan fingerprint density at radius 1 is 1.07 bits per heavy atom. The van der Waals surface area contributed by atoms with Crippen LogP contribution in [0.3, 0.4) is 0 Å². The Morgan fingerprint density at radius 3 is 2.80 bits per heavy atom. The maximum atomic E-state index is 4.63. The highest BCUT2D eigenvalue weighted by molar-refractivity contribution is 5.77. The molecule has 0 amide bonds. The third kappa shape index (κ3) is 1.58. The van der Waals surface area contributed by atoms with Crippen molar-refractivity contribution in [3.63, 3.8) is 0 Å². The molecule has 2 aromatic heterocycles. The molecule has 3 heterocycles. The molecule has 3 nitrogen and oxygen atoms in total. The van der Waals surface area contributed by atoms with Crippen LogP contribution in [0, 0.1) is 0 Å². The Hall–Kier alpha value is -1.51. The Balaban J connectivity index is 1.95. The van der Waals surface area contributed by atoms with Gasteiger partial charge < -0.3 is 9.88 Å². The fourth-order valence-electron chi connectivity index (χ4n) is 2.22. The maximum absolute atomic E-state index is 4.63. The average Bonchev–Trinajstić information content (AvgIpc) is 2.77. The summed E-state index contributed by atoms with van der Waals surface area (Å²) >= 11 is 0. The standard InChI is InChI=1S/C12H15N3/c1-2-8-15(9-3-1)11-5-4-10-6-7-13-12(10)14-11/h4-7H,1-3,8-9H2,(H,13,14). The summed E-state index contributed by atoms with van der Waals surface area (Å²) in [4.78, 5) is 10.2. The largest absolute Gasteiger partial charge is 0.357 e. The molecule has 0 aromatic carbocycles. The molecule has 0 spiro atoms. The Bertz CT molecular complexity index is 455. The van der Waals surface area contributed by atoms with Crippen molar-refractivity contribution in [3.05, 3.63) is 24.4 Å². The van der Waals surface area contributed by atoms with E-state index in [-0.39, 0.29) is 0 Å². The fourth-order valence-corrected chi connectivity index (χ4v) is 2.22. The van der Waals surface area contributed by atoms with E-state index in [4.69, 9.17) is 0 Å². The van der Waals surface area contributed by atoms with E-state index >= 15 is 0 Å².